The van der Waals surface area contributed by atoms with Gasteiger partial charge in [0.1, 0.15) is 17.6 Å². The predicted molar refractivity (Wildman–Crippen MR) is 107 cm³/mol. The SMILES string of the molecule is O=C(NC1CCCC1)C(c1ccccc1F)N(Cc1ccco1)C(=O)c1ccco1. The zero-order valence-corrected chi connectivity index (χ0v) is 16.4. The van der Waals surface area contributed by atoms with Crippen LogP contribution in [-0.4, -0.2) is 22.8 Å². The molecular weight excluding hydrogens is 387 g/mol. The van der Waals surface area contributed by atoms with E-state index in [-0.39, 0.29) is 23.9 Å². The van der Waals surface area contributed by atoms with Crippen molar-refractivity contribution in [3.63, 3.8) is 0 Å². The second-order valence-corrected chi connectivity index (χ2v) is 7.40. The second kappa shape index (κ2) is 8.98. The van der Waals surface area contributed by atoms with Crippen LogP contribution in [0.1, 0.15) is 53.6 Å². The highest BCUT2D eigenvalue weighted by molar-refractivity contribution is 5.96. The van der Waals surface area contributed by atoms with Crippen LogP contribution in [0, 0.1) is 5.82 Å². The van der Waals surface area contributed by atoms with E-state index in [4.69, 9.17) is 8.83 Å². The van der Waals surface area contributed by atoms with Gasteiger partial charge in [0.2, 0.25) is 5.91 Å². The first-order valence-corrected chi connectivity index (χ1v) is 10.0. The number of carbonyl (C=O) groups excluding carboxylic acids is 2. The summed E-state index contributed by atoms with van der Waals surface area (Å²) in [6, 6.07) is 11.4. The lowest BCUT2D eigenvalue weighted by atomic mass is 10.0. The third-order valence-corrected chi connectivity index (χ3v) is 5.36. The van der Waals surface area contributed by atoms with E-state index in [9.17, 15) is 14.0 Å². The molecule has 0 spiro atoms. The van der Waals surface area contributed by atoms with Gasteiger partial charge >= 0.3 is 0 Å². The third-order valence-electron chi connectivity index (χ3n) is 5.36. The molecule has 2 amide bonds. The van der Waals surface area contributed by atoms with Gasteiger partial charge in [-0.25, -0.2) is 4.39 Å². The van der Waals surface area contributed by atoms with Crippen LogP contribution in [0.3, 0.4) is 0 Å². The molecule has 1 aromatic carbocycles. The Hall–Kier alpha value is -3.35. The third kappa shape index (κ3) is 4.30. The zero-order chi connectivity index (χ0) is 20.9. The maximum Gasteiger partial charge on any atom is 0.290 e. The van der Waals surface area contributed by atoms with Crippen molar-refractivity contribution in [2.45, 2.75) is 44.3 Å². The van der Waals surface area contributed by atoms with Crippen molar-refractivity contribution < 1.29 is 22.8 Å². The summed E-state index contributed by atoms with van der Waals surface area (Å²) in [6.07, 6.45) is 6.70. The smallest absolute Gasteiger partial charge is 0.290 e. The summed E-state index contributed by atoms with van der Waals surface area (Å²) >= 11 is 0. The highest BCUT2D eigenvalue weighted by Crippen LogP contribution is 2.29. The van der Waals surface area contributed by atoms with E-state index in [1.54, 1.807) is 30.3 Å². The molecule has 2 heterocycles. The van der Waals surface area contributed by atoms with Gasteiger partial charge < -0.3 is 19.1 Å². The van der Waals surface area contributed by atoms with Crippen LogP contribution in [0.15, 0.2) is 69.9 Å². The molecule has 1 aliphatic carbocycles. The first-order chi connectivity index (χ1) is 14.6. The average molecular weight is 410 g/mol. The molecule has 2 aromatic heterocycles. The first-order valence-electron chi connectivity index (χ1n) is 10.0. The molecule has 4 rings (SSSR count). The highest BCUT2D eigenvalue weighted by atomic mass is 19.1. The van der Waals surface area contributed by atoms with Gasteiger partial charge in [0.05, 0.1) is 19.1 Å². The minimum atomic E-state index is -1.17. The molecular formula is C23H23FN2O4. The van der Waals surface area contributed by atoms with Crippen LogP contribution >= 0.6 is 0 Å². The first kappa shape index (κ1) is 19.9. The molecule has 7 heteroatoms. The Kier molecular flexibility index (Phi) is 5.97. The molecule has 0 saturated heterocycles. The van der Waals surface area contributed by atoms with E-state index >= 15 is 0 Å². The molecule has 1 unspecified atom stereocenters. The van der Waals surface area contributed by atoms with Crippen LogP contribution in [0.25, 0.3) is 0 Å². The van der Waals surface area contributed by atoms with Crippen molar-refractivity contribution in [3.8, 4) is 0 Å². The summed E-state index contributed by atoms with van der Waals surface area (Å²) in [5, 5.41) is 3.00. The fraction of sp³-hybridized carbons (Fsp3) is 0.304. The number of carbonyl (C=O) groups is 2. The number of hydrogen-bond acceptors (Lipinski definition) is 4. The maximum atomic E-state index is 14.8. The van der Waals surface area contributed by atoms with Crippen LogP contribution in [0.4, 0.5) is 4.39 Å². The maximum absolute atomic E-state index is 14.8. The van der Waals surface area contributed by atoms with Crippen LogP contribution in [0.2, 0.25) is 0 Å². The minimum absolute atomic E-state index is 0.0103. The molecule has 1 N–H and O–H groups in total. The van der Waals surface area contributed by atoms with Gasteiger partial charge in [0.25, 0.3) is 5.91 Å². The molecule has 1 saturated carbocycles. The van der Waals surface area contributed by atoms with E-state index < -0.39 is 23.7 Å². The Morgan fingerprint density at radius 2 is 1.77 bits per heavy atom. The molecule has 0 aliphatic heterocycles. The van der Waals surface area contributed by atoms with Gasteiger partial charge in [0, 0.05) is 11.6 Å². The second-order valence-electron chi connectivity index (χ2n) is 7.40. The highest BCUT2D eigenvalue weighted by Gasteiger charge is 2.36. The average Bonchev–Trinajstić information content (AvgIpc) is 3.52. The van der Waals surface area contributed by atoms with E-state index in [1.165, 1.54) is 35.6 Å². The molecule has 1 atom stereocenters. The Morgan fingerprint density at radius 3 is 2.43 bits per heavy atom. The fourth-order valence-electron chi connectivity index (χ4n) is 3.89. The van der Waals surface area contributed by atoms with Gasteiger partial charge in [0.15, 0.2) is 5.76 Å². The van der Waals surface area contributed by atoms with Crippen LogP contribution in [-0.2, 0) is 11.3 Å². The quantitative estimate of drug-likeness (QED) is 0.624. The van der Waals surface area contributed by atoms with Crippen molar-refractivity contribution in [2.75, 3.05) is 0 Å². The van der Waals surface area contributed by atoms with Crippen molar-refractivity contribution in [1.82, 2.24) is 10.2 Å². The molecule has 30 heavy (non-hydrogen) atoms. The normalized spacial score (nSPS) is 15.1. The van der Waals surface area contributed by atoms with Gasteiger partial charge in [-0.1, -0.05) is 31.0 Å². The standard InChI is InChI=1S/C23H23FN2O4/c24-19-11-4-3-10-18(19)21(22(27)25-16-7-1-2-8-16)26(15-17-9-5-13-29-17)23(28)20-12-6-14-30-20/h3-6,9-14,16,21H,1-2,7-8,15H2,(H,25,27). The summed E-state index contributed by atoms with van der Waals surface area (Å²) in [4.78, 5) is 27.9. The number of furan rings is 2. The van der Waals surface area contributed by atoms with E-state index in [0.717, 1.165) is 25.7 Å². The largest absolute Gasteiger partial charge is 0.467 e. The van der Waals surface area contributed by atoms with Gasteiger partial charge in [-0.15, -0.1) is 0 Å². The lowest BCUT2D eigenvalue weighted by Gasteiger charge is -2.31. The lowest BCUT2D eigenvalue weighted by molar-refractivity contribution is -0.127. The van der Waals surface area contributed by atoms with Gasteiger partial charge in [-0.3, -0.25) is 9.59 Å². The summed E-state index contributed by atoms with van der Waals surface area (Å²) in [6.45, 7) is -0.0103. The molecule has 6 nitrogen and oxygen atoms in total. The molecule has 0 radical (unpaired) electrons. The van der Waals surface area contributed by atoms with Crippen LogP contribution < -0.4 is 5.32 Å². The molecule has 156 valence electrons. The monoisotopic (exact) mass is 410 g/mol. The summed E-state index contributed by atoms with van der Waals surface area (Å²) in [5.41, 5.74) is 0.124. The van der Waals surface area contributed by atoms with Crippen molar-refractivity contribution in [1.29, 1.82) is 0 Å². The number of nitrogens with one attached hydrogen (secondary N) is 1. The van der Waals surface area contributed by atoms with Crippen molar-refractivity contribution >= 4 is 11.8 Å². The van der Waals surface area contributed by atoms with Crippen LogP contribution in [0.5, 0.6) is 0 Å². The van der Waals surface area contributed by atoms with Gasteiger partial charge in [-0.2, -0.15) is 0 Å². The summed E-state index contributed by atoms with van der Waals surface area (Å²) in [7, 11) is 0. The van der Waals surface area contributed by atoms with Crippen molar-refractivity contribution in [2.24, 2.45) is 0 Å². The number of hydrogen-bond donors (Lipinski definition) is 1. The number of rotatable bonds is 7. The molecule has 0 bridgehead atoms. The molecule has 1 aliphatic rings. The number of halogens is 1. The Bertz CT molecular complexity index is 979. The Labute approximate surface area is 173 Å². The Morgan fingerprint density at radius 1 is 1.03 bits per heavy atom. The topological polar surface area (TPSA) is 75.7 Å². The minimum Gasteiger partial charge on any atom is -0.467 e. The Balaban J connectivity index is 1.74. The summed E-state index contributed by atoms with van der Waals surface area (Å²) < 4.78 is 25.5. The lowest BCUT2D eigenvalue weighted by Crippen LogP contribution is -2.46. The van der Waals surface area contributed by atoms with E-state index in [1.807, 2.05) is 0 Å². The van der Waals surface area contributed by atoms with Crippen molar-refractivity contribution in [3.05, 3.63) is 84.0 Å². The summed E-state index contributed by atoms with van der Waals surface area (Å²) in [5.74, 6) is -0.952. The number of nitrogens with zero attached hydrogens (tertiary/aromatic N) is 1. The van der Waals surface area contributed by atoms with E-state index in [2.05, 4.69) is 5.32 Å². The fourth-order valence-corrected chi connectivity index (χ4v) is 3.89. The number of amides is 2. The molecule has 3 aromatic rings. The zero-order valence-electron chi connectivity index (χ0n) is 16.4. The predicted octanol–water partition coefficient (Wildman–Crippen LogP) is 4.45. The van der Waals surface area contributed by atoms with E-state index in [0.29, 0.717) is 5.76 Å². The van der Waals surface area contributed by atoms with Gasteiger partial charge in [-0.05, 0) is 43.2 Å². The molecule has 1 fully saturated rings. The number of benzene rings is 1.